The summed E-state index contributed by atoms with van der Waals surface area (Å²) in [5.41, 5.74) is 0.267. The first-order chi connectivity index (χ1) is 10.0. The van der Waals surface area contributed by atoms with E-state index in [0.29, 0.717) is 10.9 Å². The van der Waals surface area contributed by atoms with Gasteiger partial charge in [-0.25, -0.2) is 9.78 Å². The Morgan fingerprint density at radius 2 is 2.10 bits per heavy atom. The molecular formula is C14H15N3O4. The van der Waals surface area contributed by atoms with Gasteiger partial charge in [0.15, 0.2) is 0 Å². The second kappa shape index (κ2) is 6.17. The second-order valence-corrected chi connectivity index (χ2v) is 4.51. The van der Waals surface area contributed by atoms with Crippen molar-refractivity contribution in [2.45, 2.75) is 19.5 Å². The maximum absolute atomic E-state index is 12.2. The Hall–Kier alpha value is -2.70. The van der Waals surface area contributed by atoms with E-state index in [-0.39, 0.29) is 12.1 Å². The zero-order chi connectivity index (χ0) is 15.4. The van der Waals surface area contributed by atoms with Gasteiger partial charge in [-0.1, -0.05) is 12.1 Å². The standard InChI is InChI=1S/C14H15N3O4/c1-9(14(20)21-2)16-12(18)7-17-8-15-11-6-4-3-5-10(11)13(17)19/h3-6,8-9H,7H2,1-2H3,(H,16,18)/t9-/m0/s1. The summed E-state index contributed by atoms with van der Waals surface area (Å²) < 4.78 is 5.71. The van der Waals surface area contributed by atoms with Gasteiger partial charge in [0.1, 0.15) is 12.6 Å². The molecule has 0 aliphatic rings. The van der Waals surface area contributed by atoms with E-state index in [2.05, 4.69) is 15.0 Å². The highest BCUT2D eigenvalue weighted by molar-refractivity contribution is 5.84. The van der Waals surface area contributed by atoms with Gasteiger partial charge in [-0.05, 0) is 19.1 Å². The fourth-order valence-electron chi connectivity index (χ4n) is 1.90. The van der Waals surface area contributed by atoms with Crippen LogP contribution < -0.4 is 10.9 Å². The van der Waals surface area contributed by atoms with Crippen molar-refractivity contribution in [1.82, 2.24) is 14.9 Å². The summed E-state index contributed by atoms with van der Waals surface area (Å²) in [6.07, 6.45) is 1.31. The Balaban J connectivity index is 2.17. The second-order valence-electron chi connectivity index (χ2n) is 4.51. The van der Waals surface area contributed by atoms with Gasteiger partial charge in [0.2, 0.25) is 5.91 Å². The van der Waals surface area contributed by atoms with Crippen LogP contribution >= 0.6 is 0 Å². The summed E-state index contributed by atoms with van der Waals surface area (Å²) >= 11 is 0. The van der Waals surface area contributed by atoms with Crippen LogP contribution in [0.15, 0.2) is 35.4 Å². The lowest BCUT2D eigenvalue weighted by Gasteiger charge is -2.12. The van der Waals surface area contributed by atoms with Gasteiger partial charge in [-0.15, -0.1) is 0 Å². The summed E-state index contributed by atoms with van der Waals surface area (Å²) in [6, 6.07) is 6.11. The van der Waals surface area contributed by atoms with E-state index in [1.807, 2.05) is 0 Å². The summed E-state index contributed by atoms with van der Waals surface area (Å²) in [5.74, 6) is -1.01. The van der Waals surface area contributed by atoms with Crippen molar-refractivity contribution in [3.63, 3.8) is 0 Å². The quantitative estimate of drug-likeness (QED) is 0.805. The van der Waals surface area contributed by atoms with Crippen LogP contribution in [0.3, 0.4) is 0 Å². The Kier molecular flexibility index (Phi) is 4.32. The lowest BCUT2D eigenvalue weighted by Crippen LogP contribution is -2.42. The van der Waals surface area contributed by atoms with Gasteiger partial charge >= 0.3 is 5.97 Å². The number of aromatic nitrogens is 2. The average Bonchev–Trinajstić information content (AvgIpc) is 2.49. The molecule has 21 heavy (non-hydrogen) atoms. The maximum Gasteiger partial charge on any atom is 0.328 e. The number of methoxy groups -OCH3 is 1. The largest absolute Gasteiger partial charge is 0.467 e. The third-order valence-electron chi connectivity index (χ3n) is 2.98. The fourth-order valence-corrected chi connectivity index (χ4v) is 1.90. The molecule has 0 aliphatic heterocycles. The van der Waals surface area contributed by atoms with Crippen molar-refractivity contribution in [2.24, 2.45) is 0 Å². The van der Waals surface area contributed by atoms with Crippen LogP contribution in [0.25, 0.3) is 10.9 Å². The highest BCUT2D eigenvalue weighted by Gasteiger charge is 2.16. The van der Waals surface area contributed by atoms with Crippen LogP contribution in [0.2, 0.25) is 0 Å². The van der Waals surface area contributed by atoms with Crippen LogP contribution in [0.5, 0.6) is 0 Å². The van der Waals surface area contributed by atoms with E-state index < -0.39 is 17.9 Å². The minimum Gasteiger partial charge on any atom is -0.467 e. The molecule has 1 amide bonds. The number of hydrogen-bond acceptors (Lipinski definition) is 5. The molecule has 2 rings (SSSR count). The fraction of sp³-hybridized carbons (Fsp3) is 0.286. The number of fused-ring (bicyclic) bond motifs is 1. The monoisotopic (exact) mass is 289 g/mol. The topological polar surface area (TPSA) is 90.3 Å². The minimum absolute atomic E-state index is 0.210. The lowest BCUT2D eigenvalue weighted by atomic mass is 10.2. The van der Waals surface area contributed by atoms with Crippen molar-refractivity contribution in [3.8, 4) is 0 Å². The van der Waals surface area contributed by atoms with E-state index in [4.69, 9.17) is 0 Å². The highest BCUT2D eigenvalue weighted by atomic mass is 16.5. The Labute approximate surface area is 120 Å². The van der Waals surface area contributed by atoms with Crippen LogP contribution in [0.1, 0.15) is 6.92 Å². The van der Waals surface area contributed by atoms with Crippen LogP contribution in [0, 0.1) is 0 Å². The zero-order valence-corrected chi connectivity index (χ0v) is 11.7. The van der Waals surface area contributed by atoms with Crippen molar-refractivity contribution in [1.29, 1.82) is 0 Å². The van der Waals surface area contributed by atoms with Crippen LogP contribution in [0.4, 0.5) is 0 Å². The molecule has 0 saturated heterocycles. The molecule has 0 fully saturated rings. The number of hydrogen-bond donors (Lipinski definition) is 1. The van der Waals surface area contributed by atoms with Gasteiger partial charge in [0.25, 0.3) is 5.56 Å². The first-order valence-electron chi connectivity index (χ1n) is 6.34. The number of nitrogens with zero attached hydrogens (tertiary/aromatic N) is 2. The van der Waals surface area contributed by atoms with E-state index in [9.17, 15) is 14.4 Å². The Morgan fingerprint density at radius 1 is 1.38 bits per heavy atom. The molecule has 0 spiro atoms. The number of esters is 1. The summed E-state index contributed by atoms with van der Waals surface area (Å²) in [5, 5.41) is 2.89. The number of carbonyl (C=O) groups excluding carboxylic acids is 2. The number of benzene rings is 1. The zero-order valence-electron chi connectivity index (χ0n) is 11.7. The number of ether oxygens (including phenoxy) is 1. The molecule has 7 nitrogen and oxygen atoms in total. The molecule has 110 valence electrons. The molecule has 1 atom stereocenters. The Bertz CT molecular complexity index is 738. The number of rotatable bonds is 4. The van der Waals surface area contributed by atoms with Gasteiger partial charge in [0.05, 0.1) is 24.3 Å². The molecule has 1 aromatic carbocycles. The predicted molar refractivity (Wildman–Crippen MR) is 75.6 cm³/mol. The molecule has 0 radical (unpaired) electrons. The van der Waals surface area contributed by atoms with Gasteiger partial charge in [-0.2, -0.15) is 0 Å². The number of nitrogens with one attached hydrogen (secondary N) is 1. The normalized spacial score (nSPS) is 11.9. The third kappa shape index (κ3) is 3.25. The molecule has 1 aromatic heterocycles. The molecule has 0 bridgehead atoms. The van der Waals surface area contributed by atoms with Crippen molar-refractivity contribution >= 4 is 22.8 Å². The summed E-state index contributed by atoms with van der Waals surface area (Å²) in [7, 11) is 1.24. The smallest absolute Gasteiger partial charge is 0.328 e. The predicted octanol–water partition coefficient (Wildman–Crippen LogP) is 0.0742. The molecule has 0 aliphatic carbocycles. The lowest BCUT2D eigenvalue weighted by molar-refractivity contribution is -0.144. The van der Waals surface area contributed by atoms with Gasteiger partial charge in [0, 0.05) is 0 Å². The van der Waals surface area contributed by atoms with Crippen molar-refractivity contribution in [3.05, 3.63) is 40.9 Å². The van der Waals surface area contributed by atoms with E-state index in [0.717, 1.165) is 0 Å². The highest BCUT2D eigenvalue weighted by Crippen LogP contribution is 2.04. The molecular weight excluding hydrogens is 274 g/mol. The third-order valence-corrected chi connectivity index (χ3v) is 2.98. The summed E-state index contributed by atoms with van der Waals surface area (Å²) in [4.78, 5) is 39.4. The molecule has 1 heterocycles. The van der Waals surface area contributed by atoms with E-state index >= 15 is 0 Å². The van der Waals surface area contributed by atoms with E-state index in [1.165, 1.54) is 24.9 Å². The number of amides is 1. The van der Waals surface area contributed by atoms with Gasteiger partial charge < -0.3 is 10.1 Å². The molecule has 2 aromatic rings. The van der Waals surface area contributed by atoms with Gasteiger partial charge in [-0.3, -0.25) is 14.2 Å². The summed E-state index contributed by atoms with van der Waals surface area (Å²) in [6.45, 7) is 1.29. The first kappa shape index (κ1) is 14.7. The molecule has 0 unspecified atom stereocenters. The van der Waals surface area contributed by atoms with Crippen LogP contribution in [-0.2, 0) is 20.9 Å². The molecule has 7 heteroatoms. The first-order valence-corrected chi connectivity index (χ1v) is 6.34. The minimum atomic E-state index is -0.772. The van der Waals surface area contributed by atoms with Crippen molar-refractivity contribution < 1.29 is 14.3 Å². The maximum atomic E-state index is 12.2. The molecule has 1 N–H and O–H groups in total. The van der Waals surface area contributed by atoms with E-state index in [1.54, 1.807) is 24.3 Å². The SMILES string of the molecule is COC(=O)[C@H](C)NC(=O)Cn1cnc2ccccc2c1=O. The number of para-hydroxylation sites is 1. The number of carbonyl (C=O) groups is 2. The van der Waals surface area contributed by atoms with Crippen molar-refractivity contribution in [2.75, 3.05) is 7.11 Å². The van der Waals surface area contributed by atoms with Crippen LogP contribution in [-0.4, -0.2) is 34.6 Å². The molecule has 0 saturated carbocycles. The average molecular weight is 289 g/mol. The Morgan fingerprint density at radius 3 is 2.81 bits per heavy atom.